The van der Waals surface area contributed by atoms with Gasteiger partial charge in [0.25, 0.3) is 0 Å². The minimum atomic E-state index is -0.433. The van der Waals surface area contributed by atoms with Crippen molar-refractivity contribution in [2.24, 2.45) is 0 Å². The van der Waals surface area contributed by atoms with Gasteiger partial charge in [0.1, 0.15) is 12.2 Å². The minimum absolute atomic E-state index is 0. The van der Waals surface area contributed by atoms with Gasteiger partial charge in [0.2, 0.25) is 0 Å². The zero-order chi connectivity index (χ0) is 14.2. The highest BCUT2D eigenvalue weighted by Crippen LogP contribution is 2.21. The number of hydrogen-bond donors (Lipinski definition) is 0. The Morgan fingerprint density at radius 2 is 1.00 bits per heavy atom. The van der Waals surface area contributed by atoms with Gasteiger partial charge in [-0.25, -0.2) is 9.59 Å². The quantitative estimate of drug-likeness (QED) is 0.582. The zero-order valence-electron chi connectivity index (χ0n) is 12.0. The molecule has 4 heteroatoms. The van der Waals surface area contributed by atoms with Crippen LogP contribution in [0.3, 0.4) is 0 Å². The summed E-state index contributed by atoms with van der Waals surface area (Å²) in [5.41, 5.74) is 0. The van der Waals surface area contributed by atoms with Gasteiger partial charge in [-0.3, -0.25) is 0 Å². The molecule has 2 rings (SSSR count). The SMILES string of the molecule is C.O=C(/C=C\C(=O)OC1CCCCC1)OC1CCCCC1. The fourth-order valence-electron chi connectivity index (χ4n) is 2.91. The van der Waals surface area contributed by atoms with Crippen molar-refractivity contribution in [1.82, 2.24) is 0 Å². The molecular weight excluding hydrogens is 268 g/mol. The van der Waals surface area contributed by atoms with Crippen molar-refractivity contribution in [1.29, 1.82) is 0 Å². The van der Waals surface area contributed by atoms with E-state index >= 15 is 0 Å². The summed E-state index contributed by atoms with van der Waals surface area (Å²) in [4.78, 5) is 23.2. The van der Waals surface area contributed by atoms with E-state index < -0.39 is 11.9 Å². The highest BCUT2D eigenvalue weighted by molar-refractivity contribution is 5.91. The normalized spacial score (nSPS) is 20.8. The largest absolute Gasteiger partial charge is 0.459 e. The molecule has 0 aromatic carbocycles. The smallest absolute Gasteiger partial charge is 0.331 e. The van der Waals surface area contributed by atoms with Gasteiger partial charge in [-0.15, -0.1) is 0 Å². The lowest BCUT2D eigenvalue weighted by Crippen LogP contribution is -2.21. The maximum Gasteiger partial charge on any atom is 0.331 e. The summed E-state index contributed by atoms with van der Waals surface area (Å²) in [5.74, 6) is -0.866. The van der Waals surface area contributed by atoms with Crippen molar-refractivity contribution in [3.05, 3.63) is 12.2 Å². The maximum atomic E-state index is 11.6. The van der Waals surface area contributed by atoms with E-state index in [1.165, 1.54) is 25.0 Å². The van der Waals surface area contributed by atoms with Crippen LogP contribution < -0.4 is 0 Å². The van der Waals surface area contributed by atoms with E-state index in [1.807, 2.05) is 0 Å². The Hall–Kier alpha value is -1.32. The second kappa shape index (κ2) is 9.59. The molecule has 0 amide bonds. The first-order chi connectivity index (χ1) is 9.74. The Balaban J connectivity index is 0.00000220. The van der Waals surface area contributed by atoms with Gasteiger partial charge in [-0.1, -0.05) is 20.3 Å². The molecular formula is C17H28O4. The predicted octanol–water partition coefficient (Wildman–Crippen LogP) is 3.93. The van der Waals surface area contributed by atoms with Gasteiger partial charge < -0.3 is 9.47 Å². The molecule has 0 bridgehead atoms. The van der Waals surface area contributed by atoms with Gasteiger partial charge in [0, 0.05) is 12.2 Å². The summed E-state index contributed by atoms with van der Waals surface area (Å²) >= 11 is 0. The van der Waals surface area contributed by atoms with E-state index in [-0.39, 0.29) is 19.6 Å². The van der Waals surface area contributed by atoms with Crippen molar-refractivity contribution in [2.45, 2.75) is 83.8 Å². The average Bonchev–Trinajstić information content (AvgIpc) is 2.47. The Kier molecular flexibility index (Phi) is 8.09. The van der Waals surface area contributed by atoms with E-state index in [9.17, 15) is 9.59 Å². The number of ether oxygens (including phenoxy) is 2. The van der Waals surface area contributed by atoms with Crippen LogP contribution in [-0.4, -0.2) is 24.1 Å². The molecule has 2 saturated carbocycles. The summed E-state index contributed by atoms with van der Waals surface area (Å²) in [5, 5.41) is 0. The Bertz CT molecular complexity index is 316. The molecule has 21 heavy (non-hydrogen) atoms. The molecule has 0 aromatic heterocycles. The van der Waals surface area contributed by atoms with Crippen molar-refractivity contribution in [2.75, 3.05) is 0 Å². The molecule has 2 aliphatic carbocycles. The third kappa shape index (κ3) is 6.78. The van der Waals surface area contributed by atoms with Crippen molar-refractivity contribution in [3.8, 4) is 0 Å². The number of carbonyl (C=O) groups is 2. The molecule has 0 saturated heterocycles. The van der Waals surface area contributed by atoms with E-state index in [1.54, 1.807) is 0 Å². The minimum Gasteiger partial charge on any atom is -0.459 e. The topological polar surface area (TPSA) is 52.6 Å². The van der Waals surface area contributed by atoms with E-state index in [0.29, 0.717) is 0 Å². The van der Waals surface area contributed by atoms with Crippen molar-refractivity contribution >= 4 is 11.9 Å². The standard InChI is InChI=1S/C16H24O4.CH4/c17-15(19-13-7-3-1-4-8-13)11-12-16(18)20-14-9-5-2-6-10-14;/h11-14H,1-10H2;1H4/b12-11-;. The van der Waals surface area contributed by atoms with Crippen molar-refractivity contribution < 1.29 is 19.1 Å². The fourth-order valence-corrected chi connectivity index (χ4v) is 2.91. The molecule has 0 aromatic rings. The van der Waals surface area contributed by atoms with Crippen LogP contribution in [0.25, 0.3) is 0 Å². The second-order valence-corrected chi connectivity index (χ2v) is 5.73. The third-order valence-corrected chi connectivity index (χ3v) is 4.03. The molecule has 0 heterocycles. The number of hydrogen-bond acceptors (Lipinski definition) is 4. The summed E-state index contributed by atoms with van der Waals surface area (Å²) in [6.45, 7) is 0. The molecule has 120 valence electrons. The van der Waals surface area contributed by atoms with E-state index in [0.717, 1.165) is 51.4 Å². The Morgan fingerprint density at radius 1 is 0.667 bits per heavy atom. The van der Waals surface area contributed by atoms with Crippen LogP contribution in [-0.2, 0) is 19.1 Å². The van der Waals surface area contributed by atoms with Gasteiger partial charge in [-0.05, 0) is 51.4 Å². The van der Waals surface area contributed by atoms with E-state index in [4.69, 9.17) is 9.47 Å². The lowest BCUT2D eigenvalue weighted by Gasteiger charge is -2.21. The van der Waals surface area contributed by atoms with Gasteiger partial charge in [0.05, 0.1) is 0 Å². The summed E-state index contributed by atoms with van der Waals surface area (Å²) in [6.07, 6.45) is 13.1. The molecule has 2 aliphatic rings. The van der Waals surface area contributed by atoms with Crippen LogP contribution in [0.5, 0.6) is 0 Å². The first kappa shape index (κ1) is 17.7. The first-order valence-corrected chi connectivity index (χ1v) is 7.83. The molecule has 0 spiro atoms. The van der Waals surface area contributed by atoms with Crippen molar-refractivity contribution in [3.63, 3.8) is 0 Å². The Morgan fingerprint density at radius 3 is 1.33 bits per heavy atom. The van der Waals surface area contributed by atoms with Crippen LogP contribution in [0.2, 0.25) is 0 Å². The van der Waals surface area contributed by atoms with Gasteiger partial charge >= 0.3 is 11.9 Å². The zero-order valence-corrected chi connectivity index (χ0v) is 12.0. The summed E-state index contributed by atoms with van der Waals surface area (Å²) in [6, 6.07) is 0. The summed E-state index contributed by atoms with van der Waals surface area (Å²) in [7, 11) is 0. The molecule has 0 aliphatic heterocycles. The lowest BCUT2D eigenvalue weighted by atomic mass is 9.98. The highest BCUT2D eigenvalue weighted by Gasteiger charge is 2.18. The first-order valence-electron chi connectivity index (χ1n) is 7.83. The molecule has 0 N–H and O–H groups in total. The highest BCUT2D eigenvalue weighted by atomic mass is 16.5. The number of esters is 2. The predicted molar refractivity (Wildman–Crippen MR) is 81.8 cm³/mol. The molecule has 0 atom stereocenters. The average molecular weight is 296 g/mol. The Labute approximate surface area is 127 Å². The lowest BCUT2D eigenvalue weighted by molar-refractivity contribution is -0.147. The van der Waals surface area contributed by atoms with Gasteiger partial charge in [0.15, 0.2) is 0 Å². The van der Waals surface area contributed by atoms with E-state index in [2.05, 4.69) is 0 Å². The fraction of sp³-hybridized carbons (Fsp3) is 0.765. The van der Waals surface area contributed by atoms with Crippen LogP contribution in [0.4, 0.5) is 0 Å². The van der Waals surface area contributed by atoms with Gasteiger partial charge in [-0.2, -0.15) is 0 Å². The maximum absolute atomic E-state index is 11.6. The van der Waals surface area contributed by atoms with Crippen LogP contribution in [0, 0.1) is 0 Å². The molecule has 2 fully saturated rings. The van der Waals surface area contributed by atoms with Crippen LogP contribution in [0.1, 0.15) is 71.6 Å². The summed E-state index contributed by atoms with van der Waals surface area (Å²) < 4.78 is 10.6. The van der Waals surface area contributed by atoms with Crippen LogP contribution >= 0.6 is 0 Å². The molecule has 0 radical (unpaired) electrons. The third-order valence-electron chi connectivity index (χ3n) is 4.03. The molecule has 4 nitrogen and oxygen atoms in total. The number of rotatable bonds is 4. The van der Waals surface area contributed by atoms with Crippen LogP contribution in [0.15, 0.2) is 12.2 Å². The molecule has 0 unspecified atom stereocenters. The second-order valence-electron chi connectivity index (χ2n) is 5.73. The monoisotopic (exact) mass is 296 g/mol. The number of carbonyl (C=O) groups excluding carboxylic acids is 2.